The number of nitrogens with one attached hydrogen (secondary N) is 2. The largest absolute Gasteiger partial charge is 0.407 e. The standard InChI is InChI=1S/C11H22N4OS/c1-8(2)12-6-10-14-15-11(16-10)13-5-9(3)7-17-4/h8-9,12H,5-7H2,1-4H3,(H,13,15). The first-order valence-corrected chi connectivity index (χ1v) is 7.29. The minimum atomic E-state index is 0.417. The van der Waals surface area contributed by atoms with E-state index in [1.54, 1.807) is 0 Å². The molecule has 0 saturated carbocycles. The first-order chi connectivity index (χ1) is 8.11. The second kappa shape index (κ2) is 7.55. The van der Waals surface area contributed by atoms with Crippen LogP contribution in [0.4, 0.5) is 6.01 Å². The van der Waals surface area contributed by atoms with Gasteiger partial charge in [-0.25, -0.2) is 0 Å². The van der Waals surface area contributed by atoms with Crippen molar-refractivity contribution < 1.29 is 4.42 Å². The molecule has 0 aliphatic carbocycles. The topological polar surface area (TPSA) is 63.0 Å². The predicted molar refractivity (Wildman–Crippen MR) is 72.3 cm³/mol. The molecule has 0 saturated heterocycles. The van der Waals surface area contributed by atoms with Crippen molar-refractivity contribution in [2.75, 3.05) is 23.9 Å². The van der Waals surface area contributed by atoms with Crippen molar-refractivity contribution in [3.63, 3.8) is 0 Å². The van der Waals surface area contributed by atoms with Gasteiger partial charge in [-0.15, -0.1) is 5.10 Å². The summed E-state index contributed by atoms with van der Waals surface area (Å²) in [6.07, 6.45) is 2.11. The van der Waals surface area contributed by atoms with Crippen LogP contribution in [0.2, 0.25) is 0 Å². The van der Waals surface area contributed by atoms with Gasteiger partial charge in [-0.3, -0.25) is 0 Å². The van der Waals surface area contributed by atoms with Crippen molar-refractivity contribution in [3.05, 3.63) is 5.89 Å². The van der Waals surface area contributed by atoms with E-state index >= 15 is 0 Å². The summed E-state index contributed by atoms with van der Waals surface area (Å²) in [6.45, 7) is 7.84. The molecule has 2 N–H and O–H groups in total. The van der Waals surface area contributed by atoms with E-state index in [0.29, 0.717) is 30.4 Å². The number of thioether (sulfide) groups is 1. The molecule has 1 atom stereocenters. The van der Waals surface area contributed by atoms with Gasteiger partial charge in [0.05, 0.1) is 6.54 Å². The van der Waals surface area contributed by atoms with Crippen LogP contribution in [0.3, 0.4) is 0 Å². The maximum absolute atomic E-state index is 5.46. The SMILES string of the molecule is CSCC(C)CNc1nnc(CNC(C)C)o1. The summed E-state index contributed by atoms with van der Waals surface area (Å²) in [5, 5.41) is 14.3. The molecule has 0 aliphatic rings. The third-order valence-corrected chi connectivity index (χ3v) is 3.08. The maximum Gasteiger partial charge on any atom is 0.315 e. The summed E-state index contributed by atoms with van der Waals surface area (Å²) in [6, 6.07) is 0.929. The van der Waals surface area contributed by atoms with Crippen molar-refractivity contribution >= 4 is 17.8 Å². The van der Waals surface area contributed by atoms with Crippen LogP contribution in [-0.4, -0.2) is 34.8 Å². The van der Waals surface area contributed by atoms with Crippen LogP contribution in [0.1, 0.15) is 26.7 Å². The van der Waals surface area contributed by atoms with Gasteiger partial charge in [-0.2, -0.15) is 11.8 Å². The molecule has 0 radical (unpaired) electrons. The molecule has 0 aromatic carbocycles. The van der Waals surface area contributed by atoms with Crippen molar-refractivity contribution in [2.24, 2.45) is 5.92 Å². The molecular weight excluding hydrogens is 236 g/mol. The van der Waals surface area contributed by atoms with Crippen LogP contribution < -0.4 is 10.6 Å². The first-order valence-electron chi connectivity index (χ1n) is 5.90. The predicted octanol–water partition coefficient (Wildman–Crippen LogP) is 1.98. The van der Waals surface area contributed by atoms with Crippen LogP contribution in [0.5, 0.6) is 0 Å². The van der Waals surface area contributed by atoms with E-state index in [0.717, 1.165) is 12.3 Å². The van der Waals surface area contributed by atoms with E-state index in [1.165, 1.54) is 0 Å². The van der Waals surface area contributed by atoms with Crippen LogP contribution >= 0.6 is 11.8 Å². The Morgan fingerprint density at radius 2 is 2.06 bits per heavy atom. The first kappa shape index (κ1) is 14.3. The van der Waals surface area contributed by atoms with Gasteiger partial charge in [0.1, 0.15) is 0 Å². The minimum Gasteiger partial charge on any atom is -0.407 e. The molecule has 0 bridgehead atoms. The maximum atomic E-state index is 5.46. The molecule has 1 unspecified atom stereocenters. The van der Waals surface area contributed by atoms with Crippen LogP contribution in [0.25, 0.3) is 0 Å². The molecule has 0 fully saturated rings. The van der Waals surface area contributed by atoms with Gasteiger partial charge >= 0.3 is 6.01 Å². The molecule has 17 heavy (non-hydrogen) atoms. The Bertz CT molecular complexity index is 316. The smallest absolute Gasteiger partial charge is 0.315 e. The highest BCUT2D eigenvalue weighted by molar-refractivity contribution is 7.98. The molecule has 5 nitrogen and oxygen atoms in total. The second-order valence-corrected chi connectivity index (χ2v) is 5.39. The third-order valence-electron chi connectivity index (χ3n) is 2.18. The lowest BCUT2D eigenvalue weighted by atomic mass is 10.2. The summed E-state index contributed by atoms with van der Waals surface area (Å²) >= 11 is 1.84. The fourth-order valence-electron chi connectivity index (χ4n) is 1.29. The van der Waals surface area contributed by atoms with Gasteiger partial charge in [-0.1, -0.05) is 25.9 Å². The Balaban J connectivity index is 2.30. The lowest BCUT2D eigenvalue weighted by molar-refractivity contribution is 0.457. The summed E-state index contributed by atoms with van der Waals surface area (Å²) in [5.41, 5.74) is 0. The highest BCUT2D eigenvalue weighted by atomic mass is 32.2. The number of rotatable bonds is 8. The minimum absolute atomic E-state index is 0.417. The Morgan fingerprint density at radius 1 is 1.29 bits per heavy atom. The number of nitrogens with zero attached hydrogens (tertiary/aromatic N) is 2. The van der Waals surface area contributed by atoms with Gasteiger partial charge in [0.15, 0.2) is 0 Å². The van der Waals surface area contributed by atoms with Crippen molar-refractivity contribution in [1.82, 2.24) is 15.5 Å². The monoisotopic (exact) mass is 258 g/mol. The Hall–Kier alpha value is -0.750. The van der Waals surface area contributed by atoms with E-state index in [2.05, 4.69) is 47.9 Å². The molecule has 1 aromatic rings. The van der Waals surface area contributed by atoms with E-state index < -0.39 is 0 Å². The van der Waals surface area contributed by atoms with Crippen LogP contribution in [0.15, 0.2) is 4.42 Å². The number of hydrogen-bond donors (Lipinski definition) is 2. The molecule has 0 aliphatic heterocycles. The molecule has 6 heteroatoms. The van der Waals surface area contributed by atoms with Crippen LogP contribution in [-0.2, 0) is 6.54 Å². The average Bonchev–Trinajstić information content (AvgIpc) is 2.72. The quantitative estimate of drug-likeness (QED) is 0.743. The van der Waals surface area contributed by atoms with Gasteiger partial charge in [0.25, 0.3) is 0 Å². The molecule has 1 heterocycles. The zero-order valence-corrected chi connectivity index (χ0v) is 11.8. The van der Waals surface area contributed by atoms with E-state index in [-0.39, 0.29) is 0 Å². The summed E-state index contributed by atoms with van der Waals surface area (Å²) in [5.74, 6) is 2.34. The molecule has 1 aromatic heterocycles. The van der Waals surface area contributed by atoms with Crippen molar-refractivity contribution in [1.29, 1.82) is 0 Å². The lowest BCUT2D eigenvalue weighted by Crippen LogP contribution is -2.21. The Kier molecular flexibility index (Phi) is 6.36. The third kappa shape index (κ3) is 5.93. The normalized spacial score (nSPS) is 13.0. The summed E-state index contributed by atoms with van der Waals surface area (Å²) in [7, 11) is 0. The van der Waals surface area contributed by atoms with Gasteiger partial charge < -0.3 is 15.1 Å². The second-order valence-electron chi connectivity index (χ2n) is 4.48. The highest BCUT2D eigenvalue weighted by Crippen LogP contribution is 2.08. The van der Waals surface area contributed by atoms with Gasteiger partial charge in [0, 0.05) is 12.6 Å². The number of hydrogen-bond acceptors (Lipinski definition) is 6. The summed E-state index contributed by atoms with van der Waals surface area (Å²) < 4.78 is 5.46. The van der Waals surface area contributed by atoms with E-state index in [1.807, 2.05) is 11.8 Å². The average molecular weight is 258 g/mol. The number of anilines is 1. The Morgan fingerprint density at radius 3 is 2.71 bits per heavy atom. The van der Waals surface area contributed by atoms with Crippen molar-refractivity contribution in [2.45, 2.75) is 33.4 Å². The Labute approximate surface area is 107 Å². The molecular formula is C11H22N4OS. The molecule has 0 spiro atoms. The molecule has 0 amide bonds. The van der Waals surface area contributed by atoms with Crippen LogP contribution in [0, 0.1) is 5.92 Å². The van der Waals surface area contributed by atoms with E-state index in [9.17, 15) is 0 Å². The zero-order valence-electron chi connectivity index (χ0n) is 11.0. The fourth-order valence-corrected chi connectivity index (χ4v) is 1.98. The zero-order chi connectivity index (χ0) is 12.7. The van der Waals surface area contributed by atoms with Gasteiger partial charge in [0.2, 0.25) is 5.89 Å². The molecule has 1 rings (SSSR count). The molecule has 98 valence electrons. The van der Waals surface area contributed by atoms with E-state index in [4.69, 9.17) is 4.42 Å². The summed E-state index contributed by atoms with van der Waals surface area (Å²) in [4.78, 5) is 0. The number of aromatic nitrogens is 2. The lowest BCUT2D eigenvalue weighted by Gasteiger charge is -2.08. The fraction of sp³-hybridized carbons (Fsp3) is 0.818. The highest BCUT2D eigenvalue weighted by Gasteiger charge is 2.07. The van der Waals surface area contributed by atoms with Gasteiger partial charge in [-0.05, 0) is 17.9 Å². The van der Waals surface area contributed by atoms with Crippen molar-refractivity contribution in [3.8, 4) is 0 Å².